The van der Waals surface area contributed by atoms with Crippen molar-refractivity contribution in [2.75, 3.05) is 18.6 Å². The molecule has 2 rings (SSSR count). The molecule has 0 bridgehead atoms. The third-order valence-corrected chi connectivity index (χ3v) is 5.72. The summed E-state index contributed by atoms with van der Waals surface area (Å²) in [6, 6.07) is 11.4. The number of hydrogen-bond acceptors (Lipinski definition) is 5. The van der Waals surface area contributed by atoms with E-state index in [0.29, 0.717) is 37.7 Å². The summed E-state index contributed by atoms with van der Waals surface area (Å²) in [6.07, 6.45) is 2.55. The van der Waals surface area contributed by atoms with Crippen LogP contribution in [0.4, 0.5) is 0 Å². The van der Waals surface area contributed by atoms with Gasteiger partial charge in [0.25, 0.3) is 0 Å². The number of carbonyl (C=O) groups is 1. The first-order valence-electron chi connectivity index (χ1n) is 9.53. The Labute approximate surface area is 185 Å². The zero-order chi connectivity index (χ0) is 21.2. The minimum absolute atomic E-state index is 0.421. The third-order valence-electron chi connectivity index (χ3n) is 4.34. The van der Waals surface area contributed by atoms with Gasteiger partial charge in [-0.15, -0.1) is 0 Å². The van der Waals surface area contributed by atoms with Crippen LogP contribution in [0, 0.1) is 6.92 Å². The predicted molar refractivity (Wildman–Crippen MR) is 122 cm³/mol. The summed E-state index contributed by atoms with van der Waals surface area (Å²) in [5.74, 6) is 1.26. The fraction of sp³-hybridized carbons (Fsp3) is 0.409. The monoisotopic (exact) mass is 481 g/mol. The van der Waals surface area contributed by atoms with Crippen molar-refractivity contribution in [3.63, 3.8) is 0 Å². The van der Waals surface area contributed by atoms with Crippen molar-refractivity contribution in [3.05, 3.63) is 57.6 Å². The Morgan fingerprint density at radius 2 is 2.00 bits per heavy atom. The Hall–Kier alpha value is -1.70. The Morgan fingerprint density at radius 1 is 1.24 bits per heavy atom. The molecule has 158 valence electrons. The number of nitrogens with one attached hydrogen (secondary N) is 1. The van der Waals surface area contributed by atoms with Crippen LogP contribution >= 0.6 is 27.7 Å². The number of rotatable bonds is 12. The molecule has 1 unspecified atom stereocenters. The minimum atomic E-state index is -0.835. The van der Waals surface area contributed by atoms with Gasteiger partial charge < -0.3 is 19.9 Å². The fourth-order valence-corrected chi connectivity index (χ4v) is 3.77. The molecule has 2 aromatic carbocycles. The lowest BCUT2D eigenvalue weighted by atomic mass is 10.1. The normalized spacial score (nSPS) is 11.9. The first-order chi connectivity index (χ1) is 13.9. The van der Waals surface area contributed by atoms with Gasteiger partial charge in [0.2, 0.25) is 0 Å². The van der Waals surface area contributed by atoms with Gasteiger partial charge in [-0.3, -0.25) is 4.79 Å². The number of thioether (sulfide) groups is 1. The summed E-state index contributed by atoms with van der Waals surface area (Å²) in [7, 11) is 0. The van der Waals surface area contributed by atoms with Gasteiger partial charge in [-0.05, 0) is 55.5 Å². The van der Waals surface area contributed by atoms with Crippen molar-refractivity contribution in [3.8, 4) is 11.5 Å². The second-order valence-electron chi connectivity index (χ2n) is 6.65. The molecular weight excluding hydrogens is 454 g/mol. The van der Waals surface area contributed by atoms with Crippen LogP contribution in [0.25, 0.3) is 0 Å². The molecule has 0 aromatic heterocycles. The molecule has 0 aliphatic rings. The van der Waals surface area contributed by atoms with Gasteiger partial charge in [-0.25, -0.2) is 0 Å². The average molecular weight is 482 g/mol. The number of ether oxygens (including phenoxy) is 2. The lowest BCUT2D eigenvalue weighted by Crippen LogP contribution is -2.36. The number of carboxylic acid groups (broad SMARTS) is 1. The molecule has 0 amide bonds. The summed E-state index contributed by atoms with van der Waals surface area (Å²) >= 11 is 5.22. The molecular formula is C22H28BrNO4S. The van der Waals surface area contributed by atoms with E-state index in [9.17, 15) is 9.90 Å². The molecule has 7 heteroatoms. The van der Waals surface area contributed by atoms with E-state index < -0.39 is 12.0 Å². The lowest BCUT2D eigenvalue weighted by molar-refractivity contribution is -0.139. The number of carboxylic acids is 1. The van der Waals surface area contributed by atoms with Crippen LogP contribution < -0.4 is 14.8 Å². The molecule has 2 N–H and O–H groups in total. The molecule has 0 radical (unpaired) electrons. The maximum atomic E-state index is 11.5. The quantitative estimate of drug-likeness (QED) is 0.442. The van der Waals surface area contributed by atoms with Crippen molar-refractivity contribution in [2.45, 2.75) is 39.5 Å². The molecule has 0 aliphatic carbocycles. The van der Waals surface area contributed by atoms with E-state index in [2.05, 4.69) is 40.3 Å². The van der Waals surface area contributed by atoms with E-state index in [1.54, 1.807) is 11.8 Å². The van der Waals surface area contributed by atoms with Gasteiger partial charge in [0, 0.05) is 11.0 Å². The third kappa shape index (κ3) is 7.57. The summed E-state index contributed by atoms with van der Waals surface area (Å²) < 4.78 is 12.6. The second-order valence-corrected chi connectivity index (χ2v) is 8.49. The van der Waals surface area contributed by atoms with Crippen LogP contribution in [0.15, 0.2) is 40.9 Å². The molecule has 0 aliphatic heterocycles. The molecule has 0 saturated carbocycles. The summed E-state index contributed by atoms with van der Waals surface area (Å²) in [5.41, 5.74) is 3.20. The molecule has 1 atom stereocenters. The Kier molecular flexibility index (Phi) is 9.84. The molecule has 0 saturated heterocycles. The second kappa shape index (κ2) is 12.1. The van der Waals surface area contributed by atoms with Gasteiger partial charge >= 0.3 is 5.97 Å². The summed E-state index contributed by atoms with van der Waals surface area (Å²) in [6.45, 7) is 5.36. The summed E-state index contributed by atoms with van der Waals surface area (Å²) in [5, 5.41) is 12.5. The highest BCUT2D eigenvalue weighted by Gasteiger charge is 2.18. The zero-order valence-electron chi connectivity index (χ0n) is 17.0. The Bertz CT molecular complexity index is 815. The Morgan fingerprint density at radius 3 is 2.66 bits per heavy atom. The SMILES string of the molecule is CCOc1cc(CNC(CCSC)C(=O)O)c(Br)cc1OCc1cccc(C)c1. The Balaban J connectivity index is 2.12. The van der Waals surface area contributed by atoms with Crippen molar-refractivity contribution < 1.29 is 19.4 Å². The molecule has 5 nitrogen and oxygen atoms in total. The van der Waals surface area contributed by atoms with Gasteiger partial charge in [0.05, 0.1) is 6.61 Å². The number of hydrogen-bond donors (Lipinski definition) is 2. The average Bonchev–Trinajstić information content (AvgIpc) is 2.68. The van der Waals surface area contributed by atoms with Crippen LogP contribution in [0.3, 0.4) is 0 Å². The van der Waals surface area contributed by atoms with Crippen molar-refractivity contribution in [1.29, 1.82) is 0 Å². The minimum Gasteiger partial charge on any atom is -0.490 e. The molecule has 0 spiro atoms. The van der Waals surface area contributed by atoms with Gasteiger partial charge in [0.15, 0.2) is 11.5 Å². The molecule has 2 aromatic rings. The van der Waals surface area contributed by atoms with E-state index in [4.69, 9.17) is 9.47 Å². The molecule has 0 fully saturated rings. The van der Waals surface area contributed by atoms with Crippen molar-refractivity contribution in [2.24, 2.45) is 0 Å². The number of aliphatic carboxylic acids is 1. The highest BCUT2D eigenvalue weighted by atomic mass is 79.9. The van der Waals surface area contributed by atoms with E-state index >= 15 is 0 Å². The van der Waals surface area contributed by atoms with Gasteiger partial charge in [-0.2, -0.15) is 11.8 Å². The first kappa shape index (κ1) is 23.6. The number of aryl methyl sites for hydroxylation is 1. The van der Waals surface area contributed by atoms with E-state index in [0.717, 1.165) is 21.4 Å². The van der Waals surface area contributed by atoms with Crippen LogP contribution in [0.2, 0.25) is 0 Å². The van der Waals surface area contributed by atoms with Crippen molar-refractivity contribution in [1.82, 2.24) is 5.32 Å². The largest absolute Gasteiger partial charge is 0.490 e. The molecule has 29 heavy (non-hydrogen) atoms. The van der Waals surface area contributed by atoms with E-state index in [-0.39, 0.29) is 0 Å². The van der Waals surface area contributed by atoms with Crippen LogP contribution in [-0.2, 0) is 17.9 Å². The number of benzene rings is 2. The van der Waals surface area contributed by atoms with Crippen LogP contribution in [0.5, 0.6) is 11.5 Å². The zero-order valence-corrected chi connectivity index (χ0v) is 19.4. The maximum absolute atomic E-state index is 11.5. The van der Waals surface area contributed by atoms with Crippen LogP contribution in [0.1, 0.15) is 30.0 Å². The fourth-order valence-electron chi connectivity index (χ4n) is 2.84. The number of halogens is 1. The maximum Gasteiger partial charge on any atom is 0.320 e. The van der Waals surface area contributed by atoms with Gasteiger partial charge in [-0.1, -0.05) is 45.8 Å². The highest BCUT2D eigenvalue weighted by Crippen LogP contribution is 2.34. The van der Waals surface area contributed by atoms with E-state index in [1.165, 1.54) is 5.56 Å². The van der Waals surface area contributed by atoms with Crippen molar-refractivity contribution >= 4 is 33.7 Å². The van der Waals surface area contributed by atoms with E-state index in [1.807, 2.05) is 37.4 Å². The molecule has 0 heterocycles. The van der Waals surface area contributed by atoms with Crippen LogP contribution in [-0.4, -0.2) is 35.7 Å². The smallest absolute Gasteiger partial charge is 0.320 e. The van der Waals surface area contributed by atoms with Gasteiger partial charge in [0.1, 0.15) is 12.6 Å². The predicted octanol–water partition coefficient (Wildman–Crippen LogP) is 5.03. The summed E-state index contributed by atoms with van der Waals surface area (Å²) in [4.78, 5) is 11.5. The topological polar surface area (TPSA) is 67.8 Å². The first-order valence-corrected chi connectivity index (χ1v) is 11.7. The highest BCUT2D eigenvalue weighted by molar-refractivity contribution is 9.10. The lowest BCUT2D eigenvalue weighted by Gasteiger charge is -2.18. The standard InChI is InChI=1S/C22H28BrNO4S/c1-4-27-20-11-17(13-24-19(22(25)26)8-9-29-3)18(23)12-21(20)28-14-16-7-5-6-15(2)10-16/h5-7,10-12,19,24H,4,8-9,13-14H2,1-3H3,(H,25,26).